The van der Waals surface area contributed by atoms with Gasteiger partial charge in [-0.3, -0.25) is 4.79 Å². The first-order valence-electron chi connectivity index (χ1n) is 7.23. The Balaban J connectivity index is 1.52. The maximum absolute atomic E-state index is 12.3. The van der Waals surface area contributed by atoms with Gasteiger partial charge in [0.25, 0.3) is 0 Å². The number of ketones is 1. The van der Waals surface area contributed by atoms with Gasteiger partial charge in [0.2, 0.25) is 0 Å². The number of Topliss-reactive ketones (excluding diaryl/α,β-unsaturated/α-hetero) is 1. The second-order valence-electron chi connectivity index (χ2n) is 5.76. The van der Waals surface area contributed by atoms with E-state index in [4.69, 9.17) is 4.74 Å². The Morgan fingerprint density at radius 1 is 1.32 bits per heavy atom. The zero-order valence-corrected chi connectivity index (χ0v) is 11.2. The van der Waals surface area contributed by atoms with Crippen LogP contribution >= 0.6 is 0 Å². The maximum atomic E-state index is 12.3. The lowest BCUT2D eigenvalue weighted by Crippen LogP contribution is -2.47. The molecule has 1 heterocycles. The number of anilines is 1. The Morgan fingerprint density at radius 3 is 2.79 bits per heavy atom. The number of carbonyl (C=O) groups excluding carboxylic acids is 1. The van der Waals surface area contributed by atoms with Gasteiger partial charge in [-0.1, -0.05) is 18.2 Å². The quantitative estimate of drug-likeness (QED) is 0.903. The SMILES string of the molecule is O=C(CNc1ccccc1)C1CCOC2(CCC2)C1. The highest BCUT2D eigenvalue weighted by Crippen LogP contribution is 2.44. The van der Waals surface area contributed by atoms with E-state index in [0.717, 1.165) is 38.0 Å². The molecule has 0 amide bonds. The van der Waals surface area contributed by atoms with Crippen molar-refractivity contribution in [3.8, 4) is 0 Å². The first-order valence-corrected chi connectivity index (χ1v) is 7.23. The van der Waals surface area contributed by atoms with Crippen molar-refractivity contribution in [1.29, 1.82) is 0 Å². The molecule has 19 heavy (non-hydrogen) atoms. The van der Waals surface area contributed by atoms with Gasteiger partial charge in [-0.05, 0) is 44.2 Å². The first-order chi connectivity index (χ1) is 9.27. The van der Waals surface area contributed by atoms with Gasteiger partial charge in [-0.25, -0.2) is 0 Å². The lowest BCUT2D eigenvalue weighted by atomic mass is 9.71. The summed E-state index contributed by atoms with van der Waals surface area (Å²) in [6.07, 6.45) is 5.36. The second kappa shape index (κ2) is 5.33. The summed E-state index contributed by atoms with van der Waals surface area (Å²) in [7, 11) is 0. The molecule has 3 heteroatoms. The number of benzene rings is 1. The summed E-state index contributed by atoms with van der Waals surface area (Å²) in [5.74, 6) is 0.517. The van der Waals surface area contributed by atoms with Gasteiger partial charge in [0.15, 0.2) is 5.78 Å². The third-order valence-corrected chi connectivity index (χ3v) is 4.45. The molecule has 1 saturated heterocycles. The normalized spacial score (nSPS) is 24.7. The lowest BCUT2D eigenvalue weighted by molar-refractivity contribution is -0.154. The topological polar surface area (TPSA) is 38.3 Å². The highest BCUT2D eigenvalue weighted by Gasteiger charge is 2.43. The molecule has 2 aliphatic rings. The zero-order valence-electron chi connectivity index (χ0n) is 11.2. The molecule has 0 radical (unpaired) electrons. The summed E-state index contributed by atoms with van der Waals surface area (Å²) in [6, 6.07) is 9.91. The van der Waals surface area contributed by atoms with E-state index >= 15 is 0 Å². The van der Waals surface area contributed by atoms with E-state index in [1.807, 2.05) is 30.3 Å². The predicted octanol–water partition coefficient (Wildman–Crippen LogP) is 3.02. The third kappa shape index (κ3) is 2.81. The van der Waals surface area contributed by atoms with Crippen LogP contribution in [0.1, 0.15) is 32.1 Å². The Bertz CT molecular complexity index is 439. The molecule has 1 unspecified atom stereocenters. The van der Waals surface area contributed by atoms with Gasteiger partial charge in [0.05, 0.1) is 12.1 Å². The fourth-order valence-electron chi connectivity index (χ4n) is 3.11. The molecule has 1 aromatic rings. The standard InChI is InChI=1S/C16H21NO2/c18-15(12-17-14-5-2-1-3-6-14)13-7-10-19-16(11-13)8-4-9-16/h1-3,5-6,13,17H,4,7-12H2. The monoisotopic (exact) mass is 259 g/mol. The summed E-state index contributed by atoms with van der Waals surface area (Å²) < 4.78 is 5.87. The average molecular weight is 259 g/mol. The van der Waals surface area contributed by atoms with Gasteiger partial charge >= 0.3 is 0 Å². The van der Waals surface area contributed by atoms with E-state index in [1.165, 1.54) is 6.42 Å². The van der Waals surface area contributed by atoms with Gasteiger partial charge < -0.3 is 10.1 Å². The van der Waals surface area contributed by atoms with Crippen LogP contribution in [0.2, 0.25) is 0 Å². The summed E-state index contributed by atoms with van der Waals surface area (Å²) in [4.78, 5) is 12.3. The molecule has 3 nitrogen and oxygen atoms in total. The number of hydrogen-bond acceptors (Lipinski definition) is 3. The van der Waals surface area contributed by atoms with Crippen molar-refractivity contribution >= 4 is 11.5 Å². The van der Waals surface area contributed by atoms with Crippen molar-refractivity contribution in [2.75, 3.05) is 18.5 Å². The summed E-state index contributed by atoms with van der Waals surface area (Å²) in [5, 5.41) is 3.21. The number of carbonyl (C=O) groups is 1. The molecule has 1 saturated carbocycles. The minimum Gasteiger partial charge on any atom is -0.378 e. The van der Waals surface area contributed by atoms with Crippen LogP contribution in [-0.4, -0.2) is 24.5 Å². The molecule has 0 bridgehead atoms. The van der Waals surface area contributed by atoms with Gasteiger partial charge in [0.1, 0.15) is 0 Å². The molecule has 1 N–H and O–H groups in total. The van der Waals surface area contributed by atoms with Crippen molar-refractivity contribution < 1.29 is 9.53 Å². The lowest BCUT2D eigenvalue weighted by Gasteiger charge is -2.46. The largest absolute Gasteiger partial charge is 0.378 e. The summed E-state index contributed by atoms with van der Waals surface area (Å²) in [6.45, 7) is 1.19. The number of hydrogen-bond donors (Lipinski definition) is 1. The van der Waals surface area contributed by atoms with Crippen LogP contribution in [0.25, 0.3) is 0 Å². The van der Waals surface area contributed by atoms with Crippen molar-refractivity contribution in [3.63, 3.8) is 0 Å². The van der Waals surface area contributed by atoms with Crippen molar-refractivity contribution in [2.24, 2.45) is 5.92 Å². The third-order valence-electron chi connectivity index (χ3n) is 4.45. The van der Waals surface area contributed by atoms with Gasteiger partial charge in [-0.2, -0.15) is 0 Å². The fraction of sp³-hybridized carbons (Fsp3) is 0.562. The Kier molecular flexibility index (Phi) is 3.56. The van der Waals surface area contributed by atoms with Crippen LogP contribution in [0.15, 0.2) is 30.3 Å². The van der Waals surface area contributed by atoms with E-state index in [-0.39, 0.29) is 11.5 Å². The smallest absolute Gasteiger partial charge is 0.155 e. The van der Waals surface area contributed by atoms with Gasteiger partial charge in [-0.15, -0.1) is 0 Å². The molecule has 1 spiro atoms. The molecule has 0 aromatic heterocycles. The molecular formula is C16H21NO2. The first kappa shape index (κ1) is 12.7. The highest BCUT2D eigenvalue weighted by molar-refractivity contribution is 5.85. The van der Waals surface area contributed by atoms with Crippen molar-refractivity contribution in [2.45, 2.75) is 37.7 Å². The average Bonchev–Trinajstić information content (AvgIpc) is 2.44. The molecule has 1 aromatic carbocycles. The predicted molar refractivity (Wildman–Crippen MR) is 75.2 cm³/mol. The molecule has 1 aliphatic carbocycles. The molecule has 1 atom stereocenters. The highest BCUT2D eigenvalue weighted by atomic mass is 16.5. The van der Waals surface area contributed by atoms with E-state index in [0.29, 0.717) is 12.3 Å². The van der Waals surface area contributed by atoms with Gasteiger partial charge in [0, 0.05) is 18.2 Å². The molecule has 102 valence electrons. The summed E-state index contributed by atoms with van der Waals surface area (Å²) >= 11 is 0. The van der Waals surface area contributed by atoms with E-state index < -0.39 is 0 Å². The molecule has 3 rings (SSSR count). The minimum atomic E-state index is 0.0608. The van der Waals surface area contributed by atoms with Crippen LogP contribution in [0, 0.1) is 5.92 Å². The number of para-hydroxylation sites is 1. The van der Waals surface area contributed by atoms with Crippen LogP contribution < -0.4 is 5.32 Å². The van der Waals surface area contributed by atoms with E-state index in [1.54, 1.807) is 0 Å². The van der Waals surface area contributed by atoms with Crippen LogP contribution in [0.5, 0.6) is 0 Å². The number of nitrogens with one attached hydrogen (secondary N) is 1. The Labute approximate surface area is 114 Å². The van der Waals surface area contributed by atoms with Crippen LogP contribution in [0.4, 0.5) is 5.69 Å². The molecule has 2 fully saturated rings. The fourth-order valence-corrected chi connectivity index (χ4v) is 3.11. The van der Waals surface area contributed by atoms with Crippen LogP contribution in [-0.2, 0) is 9.53 Å². The van der Waals surface area contributed by atoms with E-state index in [2.05, 4.69) is 5.32 Å². The maximum Gasteiger partial charge on any atom is 0.155 e. The van der Waals surface area contributed by atoms with Crippen molar-refractivity contribution in [3.05, 3.63) is 30.3 Å². The van der Waals surface area contributed by atoms with Crippen molar-refractivity contribution in [1.82, 2.24) is 0 Å². The Morgan fingerprint density at radius 2 is 2.11 bits per heavy atom. The van der Waals surface area contributed by atoms with E-state index in [9.17, 15) is 4.79 Å². The summed E-state index contributed by atoms with van der Waals surface area (Å²) in [5.41, 5.74) is 1.08. The Hall–Kier alpha value is -1.35. The number of rotatable bonds is 4. The molecular weight excluding hydrogens is 238 g/mol. The minimum absolute atomic E-state index is 0.0608. The molecule has 1 aliphatic heterocycles. The number of ether oxygens (including phenoxy) is 1. The second-order valence-corrected chi connectivity index (χ2v) is 5.76. The zero-order chi connectivity index (χ0) is 13.1. The van der Waals surface area contributed by atoms with Crippen LogP contribution in [0.3, 0.4) is 0 Å².